The molecule has 1 fully saturated rings. The van der Waals surface area contributed by atoms with Crippen LogP contribution in [0.25, 0.3) is 5.52 Å². The smallest absolute Gasteiger partial charge is 0.410 e. The van der Waals surface area contributed by atoms with Crippen molar-refractivity contribution in [1.29, 1.82) is 0 Å². The number of amides is 1. The van der Waals surface area contributed by atoms with Crippen molar-refractivity contribution in [3.8, 4) is 0 Å². The highest BCUT2D eigenvalue weighted by atomic mass is 79.9. The normalized spacial score (nSPS) is 16.4. The van der Waals surface area contributed by atoms with Crippen LogP contribution in [0.2, 0.25) is 5.15 Å². The average Bonchev–Trinajstić information content (AvgIpc) is 2.84. The maximum atomic E-state index is 12.1. The highest BCUT2D eigenvalue weighted by molar-refractivity contribution is 9.10. The summed E-state index contributed by atoms with van der Waals surface area (Å²) in [7, 11) is 0. The van der Waals surface area contributed by atoms with Gasteiger partial charge in [0.05, 0.1) is 6.54 Å². The van der Waals surface area contributed by atoms with Crippen LogP contribution >= 0.6 is 27.5 Å². The summed E-state index contributed by atoms with van der Waals surface area (Å²) in [5.41, 5.74) is 0.300. The van der Waals surface area contributed by atoms with Crippen molar-refractivity contribution in [2.45, 2.75) is 32.9 Å². The number of halogens is 2. The molecule has 1 amide bonds. The van der Waals surface area contributed by atoms with Crippen LogP contribution in [0.5, 0.6) is 0 Å². The van der Waals surface area contributed by atoms with Gasteiger partial charge in [0.25, 0.3) is 0 Å². The first-order valence-electron chi connectivity index (χ1n) is 8.12. The van der Waals surface area contributed by atoms with Gasteiger partial charge in [0.2, 0.25) is 0 Å². The molecule has 3 heterocycles. The summed E-state index contributed by atoms with van der Waals surface area (Å²) in [5, 5.41) is 0.419. The number of hydrogen-bond acceptors (Lipinski definition) is 5. The number of nitrogens with zero attached hydrogens (tertiary/aromatic N) is 5. The summed E-state index contributed by atoms with van der Waals surface area (Å²) in [6, 6.07) is 0. The molecule has 0 bridgehead atoms. The van der Waals surface area contributed by atoms with Crippen molar-refractivity contribution in [2.75, 3.05) is 26.2 Å². The highest BCUT2D eigenvalue weighted by Gasteiger charge is 2.26. The van der Waals surface area contributed by atoms with Crippen LogP contribution < -0.4 is 0 Å². The van der Waals surface area contributed by atoms with Gasteiger partial charge in [0.1, 0.15) is 21.5 Å². The standard InChI is InChI=1S/C16H21BrClN5O2/c1-16(2,3)25-15(24)22-8-6-21(7-9-22)10-11-20-13(17)12-14(18)19-4-5-23(11)12/h4-5H,6-10H2,1-3H3. The molecular weight excluding hydrogens is 410 g/mol. The van der Waals surface area contributed by atoms with E-state index in [2.05, 4.69) is 30.8 Å². The van der Waals surface area contributed by atoms with Crippen LogP contribution in [0.15, 0.2) is 17.0 Å². The summed E-state index contributed by atoms with van der Waals surface area (Å²) in [4.78, 5) is 24.8. The van der Waals surface area contributed by atoms with Gasteiger partial charge in [0, 0.05) is 38.6 Å². The molecular formula is C16H21BrClN5O2. The maximum absolute atomic E-state index is 12.1. The molecule has 25 heavy (non-hydrogen) atoms. The molecule has 0 atom stereocenters. The summed E-state index contributed by atoms with van der Waals surface area (Å²) in [6.07, 6.45) is 3.26. The Bertz CT molecular complexity index is 781. The lowest BCUT2D eigenvalue weighted by molar-refractivity contribution is 0.0137. The molecule has 136 valence electrons. The SMILES string of the molecule is CC(C)(C)OC(=O)N1CCN(Cc2nc(Br)c3c(Cl)nccn23)CC1. The zero-order valence-electron chi connectivity index (χ0n) is 14.5. The summed E-state index contributed by atoms with van der Waals surface area (Å²) >= 11 is 9.60. The maximum Gasteiger partial charge on any atom is 0.410 e. The second-order valence-corrected chi connectivity index (χ2v) is 8.11. The highest BCUT2D eigenvalue weighted by Crippen LogP contribution is 2.25. The number of hydrogen-bond donors (Lipinski definition) is 0. The average molecular weight is 431 g/mol. The van der Waals surface area contributed by atoms with E-state index in [0.29, 0.717) is 29.4 Å². The van der Waals surface area contributed by atoms with Crippen LogP contribution in [-0.2, 0) is 11.3 Å². The first-order chi connectivity index (χ1) is 11.7. The third-order valence-corrected chi connectivity index (χ3v) is 4.76. The van der Waals surface area contributed by atoms with Crippen molar-refractivity contribution >= 4 is 39.1 Å². The van der Waals surface area contributed by atoms with Gasteiger partial charge in [0.15, 0.2) is 5.15 Å². The van der Waals surface area contributed by atoms with Crippen LogP contribution in [0.3, 0.4) is 0 Å². The van der Waals surface area contributed by atoms with Crippen molar-refractivity contribution in [2.24, 2.45) is 0 Å². The lowest BCUT2D eigenvalue weighted by atomic mass is 10.2. The van der Waals surface area contributed by atoms with Crippen LogP contribution in [0, 0.1) is 0 Å². The molecule has 9 heteroatoms. The first-order valence-corrected chi connectivity index (χ1v) is 9.29. The molecule has 0 spiro atoms. The summed E-state index contributed by atoms with van der Waals surface area (Å²) in [5.74, 6) is 0.886. The third-order valence-electron chi connectivity index (χ3n) is 3.93. The molecule has 3 rings (SSSR count). The molecule has 2 aromatic heterocycles. The van der Waals surface area contributed by atoms with Gasteiger partial charge in [-0.25, -0.2) is 14.8 Å². The fourth-order valence-corrected chi connectivity index (χ4v) is 3.68. The third kappa shape index (κ3) is 4.24. The summed E-state index contributed by atoms with van der Waals surface area (Å²) < 4.78 is 8.06. The second-order valence-electron chi connectivity index (χ2n) is 7.00. The Kier molecular flexibility index (Phi) is 5.22. The van der Waals surface area contributed by atoms with Gasteiger partial charge in [-0.15, -0.1) is 0 Å². The van der Waals surface area contributed by atoms with Crippen molar-refractivity contribution in [3.05, 3.63) is 28.0 Å². The number of piperazine rings is 1. The van der Waals surface area contributed by atoms with E-state index in [0.717, 1.165) is 24.4 Å². The molecule has 7 nitrogen and oxygen atoms in total. The fourth-order valence-electron chi connectivity index (χ4n) is 2.75. The van der Waals surface area contributed by atoms with Crippen LogP contribution in [0.4, 0.5) is 4.79 Å². The molecule has 0 aromatic carbocycles. The van der Waals surface area contributed by atoms with E-state index in [1.54, 1.807) is 11.1 Å². The Morgan fingerprint density at radius 1 is 1.32 bits per heavy atom. The number of imidazole rings is 1. The van der Waals surface area contributed by atoms with E-state index >= 15 is 0 Å². The largest absolute Gasteiger partial charge is 0.444 e. The topological polar surface area (TPSA) is 63.0 Å². The molecule has 0 unspecified atom stereocenters. The van der Waals surface area contributed by atoms with Gasteiger partial charge in [-0.2, -0.15) is 0 Å². The monoisotopic (exact) mass is 429 g/mol. The van der Waals surface area contributed by atoms with Gasteiger partial charge < -0.3 is 9.64 Å². The molecule has 0 saturated carbocycles. The minimum atomic E-state index is -0.470. The summed E-state index contributed by atoms with van der Waals surface area (Å²) in [6.45, 7) is 9.13. The zero-order valence-corrected chi connectivity index (χ0v) is 16.8. The number of aromatic nitrogens is 3. The predicted molar refractivity (Wildman–Crippen MR) is 98.8 cm³/mol. The van der Waals surface area contributed by atoms with E-state index in [-0.39, 0.29) is 6.09 Å². The molecule has 1 aliphatic heterocycles. The molecule has 0 N–H and O–H groups in total. The predicted octanol–water partition coefficient (Wildman–Crippen LogP) is 3.20. The van der Waals surface area contributed by atoms with Gasteiger partial charge in [-0.3, -0.25) is 9.30 Å². The Labute approximate surface area is 160 Å². The Morgan fingerprint density at radius 3 is 2.64 bits per heavy atom. The molecule has 1 aliphatic rings. The molecule has 2 aromatic rings. The number of ether oxygens (including phenoxy) is 1. The zero-order chi connectivity index (χ0) is 18.2. The van der Waals surface area contributed by atoms with Gasteiger partial charge in [-0.05, 0) is 36.7 Å². The van der Waals surface area contributed by atoms with Crippen LogP contribution in [0.1, 0.15) is 26.6 Å². The van der Waals surface area contributed by atoms with Crippen molar-refractivity contribution < 1.29 is 9.53 Å². The van der Waals surface area contributed by atoms with E-state index in [1.165, 1.54) is 0 Å². The van der Waals surface area contributed by atoms with E-state index in [4.69, 9.17) is 16.3 Å². The lowest BCUT2D eigenvalue weighted by Gasteiger charge is -2.35. The lowest BCUT2D eigenvalue weighted by Crippen LogP contribution is -2.49. The Morgan fingerprint density at radius 2 is 2.00 bits per heavy atom. The number of fused-ring (bicyclic) bond motifs is 1. The number of carbonyl (C=O) groups is 1. The van der Waals surface area contributed by atoms with Gasteiger partial charge >= 0.3 is 6.09 Å². The second kappa shape index (κ2) is 7.09. The van der Waals surface area contributed by atoms with E-state index in [9.17, 15) is 4.79 Å². The number of carbonyl (C=O) groups excluding carboxylic acids is 1. The van der Waals surface area contributed by atoms with Crippen molar-refractivity contribution in [3.63, 3.8) is 0 Å². The Balaban J connectivity index is 1.64. The first kappa shape index (κ1) is 18.4. The molecule has 1 saturated heterocycles. The van der Waals surface area contributed by atoms with E-state index < -0.39 is 5.60 Å². The minimum absolute atomic E-state index is 0.251. The number of rotatable bonds is 2. The quantitative estimate of drug-likeness (QED) is 0.732. The minimum Gasteiger partial charge on any atom is -0.444 e. The fraction of sp³-hybridized carbons (Fsp3) is 0.562. The Hall–Kier alpha value is -1.38. The molecule has 0 aliphatic carbocycles. The van der Waals surface area contributed by atoms with Crippen molar-refractivity contribution in [1.82, 2.24) is 24.2 Å². The van der Waals surface area contributed by atoms with Crippen LogP contribution in [-0.4, -0.2) is 62.0 Å². The molecule has 0 radical (unpaired) electrons. The van der Waals surface area contributed by atoms with Gasteiger partial charge in [-0.1, -0.05) is 11.6 Å². The van der Waals surface area contributed by atoms with E-state index in [1.807, 2.05) is 31.4 Å².